The van der Waals surface area contributed by atoms with Crippen molar-refractivity contribution in [1.82, 2.24) is 9.88 Å². The number of hydrogen-bond acceptors (Lipinski definition) is 6. The Bertz CT molecular complexity index is 714. The minimum absolute atomic E-state index is 0.0359. The molecule has 3 rings (SSSR count). The Morgan fingerprint density at radius 1 is 1.16 bits per heavy atom. The summed E-state index contributed by atoms with van der Waals surface area (Å²) in [7, 11) is 0. The third-order valence-electron chi connectivity index (χ3n) is 6.31. The van der Waals surface area contributed by atoms with Gasteiger partial charge in [-0.2, -0.15) is 0 Å². The zero-order valence-electron chi connectivity index (χ0n) is 19.1. The molecule has 1 aromatic heterocycles. The van der Waals surface area contributed by atoms with Crippen LogP contribution < -0.4 is 5.32 Å². The van der Waals surface area contributed by atoms with Gasteiger partial charge in [-0.1, -0.05) is 43.9 Å². The van der Waals surface area contributed by atoms with Crippen molar-refractivity contribution in [1.29, 1.82) is 0 Å². The van der Waals surface area contributed by atoms with E-state index >= 15 is 0 Å². The second-order valence-corrected chi connectivity index (χ2v) is 11.2. The number of carbonyl (C=O) groups is 2. The number of urea groups is 1. The molecule has 0 spiro atoms. The van der Waals surface area contributed by atoms with E-state index in [1.165, 1.54) is 48.8 Å². The van der Waals surface area contributed by atoms with Gasteiger partial charge < -0.3 is 14.7 Å². The lowest BCUT2D eigenvalue weighted by Crippen LogP contribution is -2.50. The molecule has 2 fully saturated rings. The summed E-state index contributed by atoms with van der Waals surface area (Å²) >= 11 is 2.88. The maximum absolute atomic E-state index is 13.5. The molecule has 2 amide bonds. The molecular formula is C23H37N3O4S2. The summed E-state index contributed by atoms with van der Waals surface area (Å²) in [5.41, 5.74) is 0. The van der Waals surface area contributed by atoms with Gasteiger partial charge in [0.2, 0.25) is 0 Å². The van der Waals surface area contributed by atoms with Crippen LogP contribution in [0.4, 0.5) is 9.93 Å². The van der Waals surface area contributed by atoms with E-state index < -0.39 is 5.97 Å². The van der Waals surface area contributed by atoms with Gasteiger partial charge in [-0.25, -0.2) is 9.78 Å². The fraction of sp³-hybridized carbons (Fsp3) is 0.783. The number of aliphatic carboxylic acids is 1. The first kappa shape index (κ1) is 25.3. The fourth-order valence-electron chi connectivity index (χ4n) is 4.72. The van der Waals surface area contributed by atoms with E-state index in [-0.39, 0.29) is 18.5 Å². The van der Waals surface area contributed by atoms with E-state index in [2.05, 4.69) is 22.1 Å². The largest absolute Gasteiger partial charge is 0.481 e. The van der Waals surface area contributed by atoms with Gasteiger partial charge in [-0.3, -0.25) is 10.1 Å². The van der Waals surface area contributed by atoms with Crippen LogP contribution in [-0.4, -0.2) is 57.5 Å². The maximum Gasteiger partial charge on any atom is 0.324 e. The van der Waals surface area contributed by atoms with Gasteiger partial charge in [0.1, 0.15) is 0 Å². The van der Waals surface area contributed by atoms with Gasteiger partial charge in [-0.15, -0.1) is 11.8 Å². The smallest absolute Gasteiger partial charge is 0.324 e. The lowest BCUT2D eigenvalue weighted by atomic mass is 9.90. The van der Waals surface area contributed by atoms with Crippen molar-refractivity contribution in [3.8, 4) is 0 Å². The van der Waals surface area contributed by atoms with Crippen LogP contribution in [0.5, 0.6) is 0 Å². The van der Waals surface area contributed by atoms with Crippen molar-refractivity contribution in [3.05, 3.63) is 6.20 Å². The van der Waals surface area contributed by atoms with Crippen LogP contribution in [-0.2, 0) is 9.53 Å². The molecule has 1 aromatic rings. The van der Waals surface area contributed by atoms with Crippen LogP contribution in [0.3, 0.4) is 0 Å². The highest BCUT2D eigenvalue weighted by atomic mass is 32.2. The number of thiazole rings is 1. The molecule has 2 aliphatic rings. The first-order valence-electron chi connectivity index (χ1n) is 12.1. The van der Waals surface area contributed by atoms with Gasteiger partial charge >= 0.3 is 12.0 Å². The minimum Gasteiger partial charge on any atom is -0.481 e. The molecule has 0 aromatic carbocycles. The summed E-state index contributed by atoms with van der Waals surface area (Å²) in [6.45, 7) is 2.96. The molecule has 0 unspecified atom stereocenters. The number of carboxylic acids is 1. The molecule has 2 aliphatic carbocycles. The van der Waals surface area contributed by atoms with Crippen molar-refractivity contribution < 1.29 is 19.4 Å². The summed E-state index contributed by atoms with van der Waals surface area (Å²) < 4.78 is 6.89. The normalized spacial score (nSPS) is 22.3. The number of amides is 2. The van der Waals surface area contributed by atoms with E-state index in [1.54, 1.807) is 6.20 Å². The standard InChI is InChI=1S/C23H37N3O4S2/c1-2-14-30-19-11-9-18(10-12-19)26(17-7-5-3-4-6-8-17)23(29)25-22-24-16-21(32-22)31-15-13-20(27)28/h16-19H,2-15H2,1H3,(H,27,28)(H,24,25,29). The average molecular weight is 484 g/mol. The monoisotopic (exact) mass is 483 g/mol. The van der Waals surface area contributed by atoms with Crippen molar-refractivity contribution >= 4 is 40.2 Å². The van der Waals surface area contributed by atoms with Gasteiger partial charge in [-0.05, 0) is 44.9 Å². The molecule has 180 valence electrons. The predicted octanol–water partition coefficient (Wildman–Crippen LogP) is 6.00. The Morgan fingerprint density at radius 2 is 1.84 bits per heavy atom. The number of carboxylic acid groups (broad SMARTS) is 1. The Hall–Kier alpha value is -1.32. The second-order valence-electron chi connectivity index (χ2n) is 8.76. The lowest BCUT2D eigenvalue weighted by Gasteiger charge is -2.41. The molecule has 0 atom stereocenters. The van der Waals surface area contributed by atoms with Gasteiger partial charge in [0.15, 0.2) is 5.13 Å². The molecule has 0 bridgehead atoms. The molecule has 7 nitrogen and oxygen atoms in total. The van der Waals surface area contributed by atoms with E-state index in [4.69, 9.17) is 9.84 Å². The van der Waals surface area contributed by atoms with Crippen LogP contribution in [0.1, 0.15) is 84.0 Å². The van der Waals surface area contributed by atoms with E-state index in [1.807, 2.05) is 0 Å². The molecule has 0 radical (unpaired) electrons. The molecule has 2 saturated carbocycles. The number of carbonyl (C=O) groups excluding carboxylic acids is 1. The van der Waals surface area contributed by atoms with Gasteiger partial charge in [0.05, 0.1) is 22.9 Å². The quantitative estimate of drug-likeness (QED) is 0.313. The topological polar surface area (TPSA) is 91.8 Å². The van der Waals surface area contributed by atoms with Crippen LogP contribution >= 0.6 is 23.1 Å². The molecule has 0 aliphatic heterocycles. The fourth-order valence-corrected chi connectivity index (χ4v) is 6.59. The van der Waals surface area contributed by atoms with Gasteiger partial charge in [0.25, 0.3) is 0 Å². The molecule has 9 heteroatoms. The molecule has 0 saturated heterocycles. The van der Waals surface area contributed by atoms with Crippen molar-refractivity contribution in [2.24, 2.45) is 0 Å². The second kappa shape index (κ2) is 13.4. The van der Waals surface area contributed by atoms with Crippen LogP contribution in [0.15, 0.2) is 10.4 Å². The minimum atomic E-state index is -0.801. The summed E-state index contributed by atoms with van der Waals surface area (Å²) in [5, 5.41) is 12.5. The summed E-state index contributed by atoms with van der Waals surface area (Å²) in [6.07, 6.45) is 14.3. The summed E-state index contributed by atoms with van der Waals surface area (Å²) in [6, 6.07) is 0.509. The number of hydrogen-bond donors (Lipinski definition) is 2. The molecule has 2 N–H and O–H groups in total. The van der Waals surface area contributed by atoms with Crippen molar-refractivity contribution in [2.75, 3.05) is 17.7 Å². The number of rotatable bonds is 10. The molecular weight excluding hydrogens is 446 g/mol. The molecule has 32 heavy (non-hydrogen) atoms. The van der Waals surface area contributed by atoms with E-state index in [0.717, 1.165) is 55.8 Å². The molecule has 1 heterocycles. The first-order chi connectivity index (χ1) is 15.6. The van der Waals surface area contributed by atoms with Crippen molar-refractivity contribution in [2.45, 2.75) is 106 Å². The Kier molecular flexibility index (Phi) is 10.6. The number of aromatic nitrogens is 1. The number of thioether (sulfide) groups is 1. The highest BCUT2D eigenvalue weighted by Gasteiger charge is 2.34. The average Bonchev–Trinajstić information content (AvgIpc) is 3.04. The number of nitrogens with one attached hydrogen (secondary N) is 1. The Balaban J connectivity index is 1.62. The van der Waals surface area contributed by atoms with E-state index in [9.17, 15) is 9.59 Å². The number of ether oxygens (including phenoxy) is 1. The predicted molar refractivity (Wildman–Crippen MR) is 130 cm³/mol. The van der Waals surface area contributed by atoms with Gasteiger partial charge in [0, 0.05) is 24.4 Å². The zero-order chi connectivity index (χ0) is 22.8. The van der Waals surface area contributed by atoms with Crippen molar-refractivity contribution in [3.63, 3.8) is 0 Å². The number of nitrogens with zero attached hydrogens (tertiary/aromatic N) is 2. The Labute approximate surface area is 199 Å². The summed E-state index contributed by atoms with van der Waals surface area (Å²) in [5.74, 6) is -0.299. The zero-order valence-corrected chi connectivity index (χ0v) is 20.7. The Morgan fingerprint density at radius 3 is 2.50 bits per heavy atom. The first-order valence-corrected chi connectivity index (χ1v) is 13.9. The maximum atomic E-state index is 13.5. The van der Waals surface area contributed by atoms with E-state index in [0.29, 0.717) is 23.0 Å². The third kappa shape index (κ3) is 7.92. The van der Waals surface area contributed by atoms with Crippen LogP contribution in [0, 0.1) is 0 Å². The highest BCUT2D eigenvalue weighted by molar-refractivity contribution is 8.01. The SMILES string of the molecule is CCCOC1CCC(N(C(=O)Nc2ncc(SCCC(=O)O)s2)C2CCCCCC2)CC1. The van der Waals surface area contributed by atoms with Crippen LogP contribution in [0.2, 0.25) is 0 Å². The lowest BCUT2D eigenvalue weighted by molar-refractivity contribution is -0.136. The third-order valence-corrected chi connectivity index (χ3v) is 8.42. The summed E-state index contributed by atoms with van der Waals surface area (Å²) in [4.78, 5) is 30.7. The highest BCUT2D eigenvalue weighted by Crippen LogP contribution is 2.33. The van der Waals surface area contributed by atoms with Crippen LogP contribution in [0.25, 0.3) is 0 Å². The number of anilines is 1.